The van der Waals surface area contributed by atoms with E-state index in [1.165, 1.54) is 12.0 Å². The molecule has 2 heteroatoms. The second-order valence-corrected chi connectivity index (χ2v) is 5.44. The van der Waals surface area contributed by atoms with Crippen molar-refractivity contribution in [2.24, 2.45) is 5.92 Å². The highest BCUT2D eigenvalue weighted by Crippen LogP contribution is 2.25. The SMILES string of the molecule is CCCNC(C(C)CCOC)C(C)c1ccccc1. The molecule has 19 heavy (non-hydrogen) atoms. The Bertz CT molecular complexity index is 325. The fourth-order valence-electron chi connectivity index (χ4n) is 2.63. The summed E-state index contributed by atoms with van der Waals surface area (Å²) in [4.78, 5) is 0. The lowest BCUT2D eigenvalue weighted by molar-refractivity contribution is 0.166. The van der Waals surface area contributed by atoms with E-state index >= 15 is 0 Å². The standard InChI is InChI=1S/C17H29NO/c1-5-12-18-17(14(2)11-13-19-4)15(3)16-9-7-6-8-10-16/h6-10,14-15,17-18H,5,11-13H2,1-4H3. The van der Waals surface area contributed by atoms with Crippen LogP contribution in [0.15, 0.2) is 30.3 Å². The molecule has 1 aromatic rings. The number of rotatable bonds is 9. The van der Waals surface area contributed by atoms with Gasteiger partial charge in [-0.05, 0) is 36.8 Å². The molecule has 2 nitrogen and oxygen atoms in total. The van der Waals surface area contributed by atoms with E-state index in [1.807, 2.05) is 0 Å². The maximum atomic E-state index is 5.22. The Labute approximate surface area is 118 Å². The van der Waals surface area contributed by atoms with Crippen LogP contribution in [0.25, 0.3) is 0 Å². The zero-order valence-electron chi connectivity index (χ0n) is 12.9. The van der Waals surface area contributed by atoms with Crippen LogP contribution in [0.3, 0.4) is 0 Å². The normalized spacial score (nSPS) is 16.0. The summed E-state index contributed by atoms with van der Waals surface area (Å²) in [6.07, 6.45) is 2.28. The molecule has 0 heterocycles. The summed E-state index contributed by atoms with van der Waals surface area (Å²) in [5.41, 5.74) is 1.42. The van der Waals surface area contributed by atoms with Crippen LogP contribution >= 0.6 is 0 Å². The van der Waals surface area contributed by atoms with E-state index in [0.29, 0.717) is 17.9 Å². The Morgan fingerprint density at radius 1 is 1.16 bits per heavy atom. The van der Waals surface area contributed by atoms with Crippen molar-refractivity contribution in [1.82, 2.24) is 5.32 Å². The molecular weight excluding hydrogens is 234 g/mol. The minimum atomic E-state index is 0.512. The van der Waals surface area contributed by atoms with Crippen molar-refractivity contribution in [3.63, 3.8) is 0 Å². The van der Waals surface area contributed by atoms with Crippen LogP contribution in [-0.2, 0) is 4.74 Å². The lowest BCUT2D eigenvalue weighted by atomic mass is 9.84. The molecule has 1 aromatic carbocycles. The summed E-state index contributed by atoms with van der Waals surface area (Å²) in [7, 11) is 1.78. The molecule has 0 aliphatic heterocycles. The zero-order chi connectivity index (χ0) is 14.1. The maximum Gasteiger partial charge on any atom is 0.0465 e. The molecule has 0 saturated heterocycles. The van der Waals surface area contributed by atoms with Gasteiger partial charge in [0.25, 0.3) is 0 Å². The van der Waals surface area contributed by atoms with Gasteiger partial charge in [-0.2, -0.15) is 0 Å². The van der Waals surface area contributed by atoms with Gasteiger partial charge < -0.3 is 10.1 Å². The predicted octanol–water partition coefficient (Wildman–Crippen LogP) is 3.83. The van der Waals surface area contributed by atoms with Gasteiger partial charge >= 0.3 is 0 Å². The second kappa shape index (κ2) is 9.11. The van der Waals surface area contributed by atoms with Crippen molar-refractivity contribution >= 4 is 0 Å². The van der Waals surface area contributed by atoms with Crippen molar-refractivity contribution in [3.8, 4) is 0 Å². The van der Waals surface area contributed by atoms with Crippen molar-refractivity contribution < 1.29 is 4.74 Å². The van der Waals surface area contributed by atoms with E-state index in [1.54, 1.807) is 7.11 Å². The number of hydrogen-bond donors (Lipinski definition) is 1. The monoisotopic (exact) mass is 263 g/mol. The largest absolute Gasteiger partial charge is 0.385 e. The van der Waals surface area contributed by atoms with Crippen LogP contribution in [0.1, 0.15) is 45.1 Å². The quantitative estimate of drug-likeness (QED) is 0.731. The number of hydrogen-bond acceptors (Lipinski definition) is 2. The third kappa shape index (κ3) is 5.33. The molecule has 108 valence electrons. The van der Waals surface area contributed by atoms with Crippen molar-refractivity contribution in [3.05, 3.63) is 35.9 Å². The first-order valence-corrected chi connectivity index (χ1v) is 7.48. The molecule has 3 atom stereocenters. The lowest BCUT2D eigenvalue weighted by Crippen LogP contribution is -2.40. The highest BCUT2D eigenvalue weighted by molar-refractivity contribution is 5.20. The van der Waals surface area contributed by atoms with E-state index in [0.717, 1.165) is 19.6 Å². The zero-order valence-corrected chi connectivity index (χ0v) is 12.9. The van der Waals surface area contributed by atoms with Crippen LogP contribution in [0.5, 0.6) is 0 Å². The fourth-order valence-corrected chi connectivity index (χ4v) is 2.63. The Kier molecular flexibility index (Phi) is 7.76. The third-order valence-corrected chi connectivity index (χ3v) is 3.88. The number of methoxy groups -OCH3 is 1. The molecule has 0 spiro atoms. The summed E-state index contributed by atoms with van der Waals surface area (Å²) in [5.74, 6) is 1.14. The highest BCUT2D eigenvalue weighted by Gasteiger charge is 2.23. The number of ether oxygens (including phenoxy) is 1. The van der Waals surface area contributed by atoms with E-state index < -0.39 is 0 Å². The van der Waals surface area contributed by atoms with Crippen molar-refractivity contribution in [1.29, 1.82) is 0 Å². The molecule has 0 radical (unpaired) electrons. The fraction of sp³-hybridized carbons (Fsp3) is 0.647. The highest BCUT2D eigenvalue weighted by atomic mass is 16.5. The molecule has 0 amide bonds. The van der Waals surface area contributed by atoms with Gasteiger partial charge in [0, 0.05) is 19.8 Å². The van der Waals surface area contributed by atoms with Gasteiger partial charge in [-0.1, -0.05) is 51.1 Å². The van der Waals surface area contributed by atoms with E-state index in [9.17, 15) is 0 Å². The third-order valence-electron chi connectivity index (χ3n) is 3.88. The van der Waals surface area contributed by atoms with Crippen LogP contribution in [0.2, 0.25) is 0 Å². The summed E-state index contributed by atoms with van der Waals surface area (Å²) in [5, 5.41) is 3.72. The van der Waals surface area contributed by atoms with Crippen LogP contribution in [-0.4, -0.2) is 26.3 Å². The van der Waals surface area contributed by atoms with Gasteiger partial charge in [0.15, 0.2) is 0 Å². The minimum Gasteiger partial charge on any atom is -0.385 e. The molecule has 1 rings (SSSR count). The Morgan fingerprint density at radius 2 is 1.84 bits per heavy atom. The Hall–Kier alpha value is -0.860. The van der Waals surface area contributed by atoms with Crippen LogP contribution in [0, 0.1) is 5.92 Å². The molecule has 0 aliphatic carbocycles. The topological polar surface area (TPSA) is 21.3 Å². The molecule has 3 unspecified atom stereocenters. The summed E-state index contributed by atoms with van der Waals surface area (Å²) < 4.78 is 5.22. The average Bonchev–Trinajstić information content (AvgIpc) is 2.46. The molecule has 0 aliphatic rings. The van der Waals surface area contributed by atoms with Gasteiger partial charge in [-0.25, -0.2) is 0 Å². The second-order valence-electron chi connectivity index (χ2n) is 5.44. The Balaban J connectivity index is 2.71. The van der Waals surface area contributed by atoms with Gasteiger partial charge in [-0.3, -0.25) is 0 Å². The lowest BCUT2D eigenvalue weighted by Gasteiger charge is -2.31. The summed E-state index contributed by atoms with van der Waals surface area (Å²) in [6, 6.07) is 11.3. The van der Waals surface area contributed by atoms with Crippen molar-refractivity contribution in [2.45, 2.75) is 45.6 Å². The smallest absolute Gasteiger partial charge is 0.0465 e. The molecule has 0 aromatic heterocycles. The summed E-state index contributed by atoms with van der Waals surface area (Å²) in [6.45, 7) is 8.79. The van der Waals surface area contributed by atoms with E-state index in [4.69, 9.17) is 4.74 Å². The van der Waals surface area contributed by atoms with Gasteiger partial charge in [0.05, 0.1) is 0 Å². The molecule has 0 bridgehead atoms. The number of benzene rings is 1. The predicted molar refractivity (Wildman–Crippen MR) is 82.6 cm³/mol. The average molecular weight is 263 g/mol. The molecule has 1 N–H and O–H groups in total. The van der Waals surface area contributed by atoms with E-state index in [-0.39, 0.29) is 0 Å². The summed E-state index contributed by atoms with van der Waals surface area (Å²) >= 11 is 0. The van der Waals surface area contributed by atoms with E-state index in [2.05, 4.69) is 56.4 Å². The van der Waals surface area contributed by atoms with Gasteiger partial charge in [-0.15, -0.1) is 0 Å². The van der Waals surface area contributed by atoms with Crippen molar-refractivity contribution in [2.75, 3.05) is 20.3 Å². The Morgan fingerprint density at radius 3 is 2.42 bits per heavy atom. The van der Waals surface area contributed by atoms with Gasteiger partial charge in [0.2, 0.25) is 0 Å². The maximum absolute atomic E-state index is 5.22. The number of nitrogens with one attached hydrogen (secondary N) is 1. The first-order chi connectivity index (χ1) is 9.20. The molecule has 0 fully saturated rings. The van der Waals surface area contributed by atoms with Crippen LogP contribution in [0.4, 0.5) is 0 Å². The minimum absolute atomic E-state index is 0.512. The first kappa shape index (κ1) is 16.2. The molecule has 0 saturated carbocycles. The van der Waals surface area contributed by atoms with Gasteiger partial charge in [0.1, 0.15) is 0 Å². The molecular formula is C17H29NO. The van der Waals surface area contributed by atoms with Crippen LogP contribution < -0.4 is 5.32 Å². The first-order valence-electron chi connectivity index (χ1n) is 7.48.